The molecule has 0 aliphatic carbocycles. The summed E-state index contributed by atoms with van der Waals surface area (Å²) < 4.78 is 37.9. The van der Waals surface area contributed by atoms with Crippen LogP contribution in [0.2, 0.25) is 0 Å². The molecule has 1 aliphatic rings. The average Bonchev–Trinajstić information content (AvgIpc) is 3.30. The van der Waals surface area contributed by atoms with Gasteiger partial charge >= 0.3 is 6.18 Å². The molecular weight excluding hydrogens is 484 g/mol. The van der Waals surface area contributed by atoms with Gasteiger partial charge in [-0.1, -0.05) is 12.1 Å². The van der Waals surface area contributed by atoms with Crippen molar-refractivity contribution in [3.8, 4) is 0 Å². The molecule has 2 heterocycles. The highest BCUT2D eigenvalue weighted by molar-refractivity contribution is 14.0. The summed E-state index contributed by atoms with van der Waals surface area (Å²) in [5.74, 6) is 0.714. The van der Waals surface area contributed by atoms with Crippen LogP contribution in [-0.4, -0.2) is 47.2 Å². The number of alkyl halides is 3. The van der Waals surface area contributed by atoms with E-state index in [0.29, 0.717) is 19.0 Å². The van der Waals surface area contributed by atoms with Crippen molar-refractivity contribution < 1.29 is 13.2 Å². The molecule has 0 radical (unpaired) electrons. The van der Waals surface area contributed by atoms with Crippen LogP contribution in [0.1, 0.15) is 23.2 Å². The topological polar surface area (TPSA) is 68.3 Å². The molecule has 10 heteroatoms. The second-order valence-corrected chi connectivity index (χ2v) is 6.57. The van der Waals surface area contributed by atoms with Crippen molar-refractivity contribution in [2.75, 3.05) is 20.1 Å². The van der Waals surface area contributed by atoms with Gasteiger partial charge in [0.2, 0.25) is 0 Å². The molecule has 28 heavy (non-hydrogen) atoms. The van der Waals surface area contributed by atoms with Crippen LogP contribution >= 0.6 is 24.0 Å². The molecule has 3 rings (SSSR count). The Hall–Kier alpha value is -1.82. The maximum atomic E-state index is 12.6. The molecule has 3 N–H and O–H groups in total. The van der Waals surface area contributed by atoms with Gasteiger partial charge in [0.15, 0.2) is 5.96 Å². The molecule has 0 saturated carbocycles. The van der Waals surface area contributed by atoms with E-state index in [-0.39, 0.29) is 30.0 Å². The fraction of sp³-hybridized carbons (Fsp3) is 0.444. The number of guanidine groups is 1. The van der Waals surface area contributed by atoms with E-state index in [9.17, 15) is 13.2 Å². The molecule has 1 atom stereocenters. The summed E-state index contributed by atoms with van der Waals surface area (Å²) in [7, 11) is 1.72. The van der Waals surface area contributed by atoms with E-state index in [1.807, 2.05) is 6.07 Å². The van der Waals surface area contributed by atoms with Crippen molar-refractivity contribution >= 4 is 29.9 Å². The number of rotatable bonds is 5. The molecule has 1 aromatic heterocycles. The number of hydrogen-bond acceptors (Lipinski definition) is 3. The third kappa shape index (κ3) is 6.36. The smallest absolute Gasteiger partial charge is 0.352 e. The van der Waals surface area contributed by atoms with Gasteiger partial charge in [-0.25, -0.2) is 0 Å². The van der Waals surface area contributed by atoms with Gasteiger partial charge in [-0.2, -0.15) is 18.3 Å². The van der Waals surface area contributed by atoms with Crippen molar-refractivity contribution in [1.82, 2.24) is 25.7 Å². The number of likely N-dealkylation sites (tertiary alicyclic amines) is 1. The third-order valence-electron chi connectivity index (χ3n) is 4.53. The second-order valence-electron chi connectivity index (χ2n) is 6.57. The fourth-order valence-electron chi connectivity index (χ4n) is 3.10. The van der Waals surface area contributed by atoms with Crippen LogP contribution in [0.15, 0.2) is 41.5 Å². The number of benzene rings is 1. The van der Waals surface area contributed by atoms with Crippen LogP contribution in [0.3, 0.4) is 0 Å². The highest BCUT2D eigenvalue weighted by Gasteiger charge is 2.30. The summed E-state index contributed by atoms with van der Waals surface area (Å²) in [6.45, 7) is 2.93. The van der Waals surface area contributed by atoms with E-state index in [0.717, 1.165) is 42.9 Å². The van der Waals surface area contributed by atoms with Crippen molar-refractivity contribution in [3.63, 3.8) is 0 Å². The van der Waals surface area contributed by atoms with Crippen molar-refractivity contribution in [2.45, 2.75) is 31.7 Å². The lowest BCUT2D eigenvalue weighted by Gasteiger charge is -2.19. The molecule has 0 bridgehead atoms. The number of hydrogen-bond donors (Lipinski definition) is 3. The molecule has 1 aliphatic heterocycles. The number of aliphatic imine (C=N–C) groups is 1. The number of aromatic nitrogens is 2. The Morgan fingerprint density at radius 2 is 2.04 bits per heavy atom. The molecule has 0 amide bonds. The minimum atomic E-state index is -4.29. The van der Waals surface area contributed by atoms with E-state index < -0.39 is 11.7 Å². The van der Waals surface area contributed by atoms with Crippen LogP contribution in [0, 0.1) is 0 Å². The van der Waals surface area contributed by atoms with Gasteiger partial charge in [0.1, 0.15) is 0 Å². The van der Waals surface area contributed by atoms with Gasteiger partial charge in [-0.15, -0.1) is 24.0 Å². The maximum absolute atomic E-state index is 12.6. The lowest BCUT2D eigenvalue weighted by atomic mass is 10.1. The SMILES string of the molecule is CN=C(NCc1ccn[nH]1)NC1CCN(Cc2ccc(C(F)(F)F)cc2)C1.I. The van der Waals surface area contributed by atoms with Gasteiger partial charge in [-0.3, -0.25) is 15.0 Å². The Balaban J connectivity index is 0.00000280. The van der Waals surface area contributed by atoms with Gasteiger partial charge < -0.3 is 10.6 Å². The van der Waals surface area contributed by atoms with Gasteiger partial charge in [-0.05, 0) is 30.2 Å². The molecule has 2 aromatic rings. The zero-order valence-electron chi connectivity index (χ0n) is 15.5. The Bertz CT molecular complexity index is 746. The molecule has 0 spiro atoms. The molecule has 154 valence electrons. The van der Waals surface area contributed by atoms with Crippen LogP contribution in [0.25, 0.3) is 0 Å². The normalized spacial score (nSPS) is 18.0. The van der Waals surface area contributed by atoms with E-state index >= 15 is 0 Å². The summed E-state index contributed by atoms with van der Waals surface area (Å²) in [6.07, 6.45) is -1.64. The number of H-pyrrole nitrogens is 1. The predicted molar refractivity (Wildman–Crippen MR) is 112 cm³/mol. The Morgan fingerprint density at radius 1 is 1.29 bits per heavy atom. The molecular formula is C18H24F3IN6. The fourth-order valence-corrected chi connectivity index (χ4v) is 3.10. The number of nitrogens with zero attached hydrogens (tertiary/aromatic N) is 3. The Labute approximate surface area is 179 Å². The molecule has 1 unspecified atom stereocenters. The molecule has 1 saturated heterocycles. The number of halogens is 4. The third-order valence-corrected chi connectivity index (χ3v) is 4.53. The van der Waals surface area contributed by atoms with E-state index in [2.05, 4.69) is 30.7 Å². The standard InChI is InChI=1S/C18H23F3N6.HI/c1-22-17(23-10-15-6-8-24-26-15)25-16-7-9-27(12-16)11-13-2-4-14(5-3-13)18(19,20)21;/h2-6,8,16H,7,9-12H2,1H3,(H,24,26)(H2,22,23,25);1H. The van der Waals surface area contributed by atoms with Gasteiger partial charge in [0.05, 0.1) is 17.8 Å². The largest absolute Gasteiger partial charge is 0.416 e. The van der Waals surface area contributed by atoms with Gasteiger partial charge in [0.25, 0.3) is 0 Å². The Morgan fingerprint density at radius 3 is 2.64 bits per heavy atom. The van der Waals surface area contributed by atoms with Crippen molar-refractivity contribution in [3.05, 3.63) is 53.3 Å². The molecule has 1 fully saturated rings. The van der Waals surface area contributed by atoms with Crippen molar-refractivity contribution in [2.24, 2.45) is 4.99 Å². The highest BCUT2D eigenvalue weighted by Crippen LogP contribution is 2.29. The first-order chi connectivity index (χ1) is 12.9. The first-order valence-electron chi connectivity index (χ1n) is 8.78. The highest BCUT2D eigenvalue weighted by atomic mass is 127. The number of aromatic amines is 1. The Kier molecular flexibility index (Phi) is 8.10. The summed E-state index contributed by atoms with van der Waals surface area (Å²) in [6, 6.07) is 7.52. The quantitative estimate of drug-likeness (QED) is 0.330. The van der Waals surface area contributed by atoms with Crippen LogP contribution in [0.4, 0.5) is 13.2 Å². The summed E-state index contributed by atoms with van der Waals surface area (Å²) in [5.41, 5.74) is 1.23. The van der Waals surface area contributed by atoms with Crippen molar-refractivity contribution in [1.29, 1.82) is 0 Å². The first kappa shape index (κ1) is 22.5. The van der Waals surface area contributed by atoms with E-state index in [1.165, 1.54) is 0 Å². The average molecular weight is 508 g/mol. The zero-order valence-corrected chi connectivity index (χ0v) is 17.8. The van der Waals surface area contributed by atoms with E-state index in [4.69, 9.17) is 0 Å². The minimum absolute atomic E-state index is 0. The maximum Gasteiger partial charge on any atom is 0.416 e. The van der Waals surface area contributed by atoms with Crippen LogP contribution in [0.5, 0.6) is 0 Å². The lowest BCUT2D eigenvalue weighted by Crippen LogP contribution is -2.44. The predicted octanol–water partition coefficient (Wildman–Crippen LogP) is 2.99. The summed E-state index contributed by atoms with van der Waals surface area (Å²) in [4.78, 5) is 6.45. The van der Waals surface area contributed by atoms with Gasteiger partial charge in [0, 0.05) is 38.9 Å². The second kappa shape index (κ2) is 10.1. The number of nitrogens with one attached hydrogen (secondary N) is 3. The van der Waals surface area contributed by atoms with Crippen LogP contribution < -0.4 is 10.6 Å². The minimum Gasteiger partial charge on any atom is -0.352 e. The lowest BCUT2D eigenvalue weighted by molar-refractivity contribution is -0.137. The van der Waals surface area contributed by atoms with Crippen LogP contribution in [-0.2, 0) is 19.3 Å². The van der Waals surface area contributed by atoms with E-state index in [1.54, 1.807) is 25.4 Å². The first-order valence-corrected chi connectivity index (χ1v) is 8.78. The monoisotopic (exact) mass is 508 g/mol. The summed E-state index contributed by atoms with van der Waals surface area (Å²) >= 11 is 0. The zero-order chi connectivity index (χ0) is 19.3. The molecule has 1 aromatic carbocycles. The summed E-state index contributed by atoms with van der Waals surface area (Å²) in [5, 5.41) is 13.4. The molecule has 6 nitrogen and oxygen atoms in total.